The van der Waals surface area contributed by atoms with Crippen molar-refractivity contribution in [2.24, 2.45) is 0 Å². The Morgan fingerprint density at radius 3 is 2.53 bits per heavy atom. The average Bonchev–Trinajstić information content (AvgIpc) is 2.78. The summed E-state index contributed by atoms with van der Waals surface area (Å²) in [6.07, 6.45) is 2.72. The van der Waals surface area contributed by atoms with Crippen LogP contribution in [0.4, 0.5) is 4.39 Å². The number of hydrazine groups is 1. The number of ether oxygens (including phenoxy) is 1. The molecular weight excluding hydrogens is 437 g/mol. The number of hydrogen-bond donors (Lipinski definition) is 3. The molecule has 1 unspecified atom stereocenters. The Kier molecular flexibility index (Phi) is 7.81. The number of sulfonamides is 1. The molecule has 1 atom stereocenters. The highest BCUT2D eigenvalue weighted by atomic mass is 32.2. The van der Waals surface area contributed by atoms with E-state index in [1.807, 2.05) is 6.07 Å². The molecule has 0 fully saturated rings. The van der Waals surface area contributed by atoms with Crippen molar-refractivity contribution in [3.63, 3.8) is 0 Å². The highest BCUT2D eigenvalue weighted by Crippen LogP contribution is 2.24. The molecule has 3 N–H and O–H groups in total. The number of nitrogens with one attached hydrogen (secondary N) is 3. The van der Waals surface area contributed by atoms with E-state index in [0.717, 1.165) is 31.2 Å². The maximum absolute atomic E-state index is 13.6. The maximum Gasteiger partial charge on any atom is 0.279 e. The lowest BCUT2D eigenvalue weighted by molar-refractivity contribution is -0.132. The zero-order chi connectivity index (χ0) is 23.1. The van der Waals surface area contributed by atoms with Crippen molar-refractivity contribution >= 4 is 21.8 Å². The molecule has 2 aromatic carbocycles. The summed E-state index contributed by atoms with van der Waals surface area (Å²) in [7, 11) is -3.75. The highest BCUT2D eigenvalue weighted by Gasteiger charge is 2.19. The van der Waals surface area contributed by atoms with Crippen LogP contribution in [-0.4, -0.2) is 32.9 Å². The number of benzene rings is 2. The van der Waals surface area contributed by atoms with Crippen LogP contribution in [0.25, 0.3) is 0 Å². The summed E-state index contributed by atoms with van der Waals surface area (Å²) in [6, 6.07) is 10.7. The van der Waals surface area contributed by atoms with E-state index in [-0.39, 0.29) is 23.6 Å². The molecule has 0 radical (unpaired) electrons. The third-order valence-electron chi connectivity index (χ3n) is 5.11. The predicted octanol–water partition coefficient (Wildman–Crippen LogP) is 1.99. The van der Waals surface area contributed by atoms with Crippen LogP contribution in [0.15, 0.2) is 47.4 Å². The minimum absolute atomic E-state index is 0.0851. The molecule has 1 aliphatic rings. The first-order chi connectivity index (χ1) is 15.3. The Morgan fingerprint density at radius 2 is 1.78 bits per heavy atom. The van der Waals surface area contributed by atoms with Crippen molar-refractivity contribution in [3.05, 3.63) is 59.4 Å². The molecule has 0 aromatic heterocycles. The first-order valence-corrected chi connectivity index (χ1v) is 11.9. The molecule has 2 amide bonds. The zero-order valence-electron chi connectivity index (χ0n) is 17.7. The van der Waals surface area contributed by atoms with Gasteiger partial charge >= 0.3 is 0 Å². The Labute approximate surface area is 186 Å². The molecule has 0 saturated carbocycles. The molecule has 8 nitrogen and oxygen atoms in total. The number of aryl methyl sites for hydroxylation is 2. The van der Waals surface area contributed by atoms with Gasteiger partial charge in [0.1, 0.15) is 0 Å². The van der Waals surface area contributed by atoms with Crippen molar-refractivity contribution < 1.29 is 27.1 Å². The Hall–Kier alpha value is -2.98. The van der Waals surface area contributed by atoms with Gasteiger partial charge in [-0.05, 0) is 68.0 Å². The van der Waals surface area contributed by atoms with E-state index >= 15 is 0 Å². The first-order valence-electron chi connectivity index (χ1n) is 10.4. The van der Waals surface area contributed by atoms with Crippen LogP contribution in [0.1, 0.15) is 37.3 Å². The summed E-state index contributed by atoms with van der Waals surface area (Å²) in [5, 5.41) is 0. The topological polar surface area (TPSA) is 114 Å². The van der Waals surface area contributed by atoms with Gasteiger partial charge in [0.15, 0.2) is 17.7 Å². The van der Waals surface area contributed by atoms with Gasteiger partial charge in [0, 0.05) is 13.0 Å². The average molecular weight is 464 g/mol. The second-order valence-corrected chi connectivity index (χ2v) is 9.28. The fourth-order valence-electron chi connectivity index (χ4n) is 3.34. The molecule has 2 aromatic rings. The zero-order valence-corrected chi connectivity index (χ0v) is 18.5. The number of para-hydroxylation sites is 1. The molecule has 32 heavy (non-hydrogen) atoms. The van der Waals surface area contributed by atoms with Gasteiger partial charge in [-0.25, -0.2) is 17.5 Å². The van der Waals surface area contributed by atoms with Crippen molar-refractivity contribution in [1.29, 1.82) is 0 Å². The van der Waals surface area contributed by atoms with Crippen LogP contribution in [0, 0.1) is 5.82 Å². The Bertz CT molecular complexity index is 1090. The SMILES string of the molecule is CC(Oc1ccccc1F)C(=O)NNC(=O)CCNS(=O)(=O)c1ccc2c(c1)CCCC2. The molecular formula is C22H26FN3O5S. The van der Waals surface area contributed by atoms with Gasteiger partial charge in [-0.3, -0.25) is 20.4 Å². The minimum atomic E-state index is -3.75. The summed E-state index contributed by atoms with van der Waals surface area (Å²) < 4.78 is 46.2. The van der Waals surface area contributed by atoms with Crippen LogP contribution in [0.2, 0.25) is 0 Å². The van der Waals surface area contributed by atoms with Gasteiger partial charge in [0.05, 0.1) is 4.90 Å². The van der Waals surface area contributed by atoms with Gasteiger partial charge in [-0.2, -0.15) is 0 Å². The van der Waals surface area contributed by atoms with Crippen molar-refractivity contribution in [2.75, 3.05) is 6.54 Å². The van der Waals surface area contributed by atoms with E-state index in [9.17, 15) is 22.4 Å². The smallest absolute Gasteiger partial charge is 0.279 e. The summed E-state index contributed by atoms with van der Waals surface area (Å²) in [4.78, 5) is 24.1. The van der Waals surface area contributed by atoms with Crippen LogP contribution >= 0.6 is 0 Å². The third-order valence-corrected chi connectivity index (χ3v) is 6.57. The summed E-state index contributed by atoms with van der Waals surface area (Å²) in [6.45, 7) is 1.27. The second-order valence-electron chi connectivity index (χ2n) is 7.51. The molecule has 0 bridgehead atoms. The molecule has 0 saturated heterocycles. The number of rotatable bonds is 8. The monoisotopic (exact) mass is 463 g/mol. The van der Waals surface area contributed by atoms with E-state index in [4.69, 9.17) is 4.74 Å². The lowest BCUT2D eigenvalue weighted by Gasteiger charge is -2.17. The quantitative estimate of drug-likeness (QED) is 0.518. The number of halogens is 1. The molecule has 1 aliphatic carbocycles. The van der Waals surface area contributed by atoms with E-state index in [1.165, 1.54) is 30.7 Å². The number of hydrogen-bond acceptors (Lipinski definition) is 5. The number of carbonyl (C=O) groups excluding carboxylic acids is 2. The van der Waals surface area contributed by atoms with E-state index in [1.54, 1.807) is 18.2 Å². The van der Waals surface area contributed by atoms with Crippen LogP contribution in [0.5, 0.6) is 5.75 Å². The van der Waals surface area contributed by atoms with Gasteiger partial charge in [-0.1, -0.05) is 18.2 Å². The van der Waals surface area contributed by atoms with Crippen LogP contribution in [0.3, 0.4) is 0 Å². The van der Waals surface area contributed by atoms with Crippen molar-refractivity contribution in [2.45, 2.75) is 50.0 Å². The fraction of sp³-hybridized carbons (Fsp3) is 0.364. The van der Waals surface area contributed by atoms with Gasteiger partial charge in [0.25, 0.3) is 5.91 Å². The maximum atomic E-state index is 13.6. The molecule has 0 aliphatic heterocycles. The molecule has 0 spiro atoms. The predicted molar refractivity (Wildman–Crippen MR) is 116 cm³/mol. The fourth-order valence-corrected chi connectivity index (χ4v) is 4.42. The van der Waals surface area contributed by atoms with Gasteiger partial charge in [0.2, 0.25) is 15.9 Å². The summed E-state index contributed by atoms with van der Waals surface area (Å²) >= 11 is 0. The van der Waals surface area contributed by atoms with E-state index in [2.05, 4.69) is 15.6 Å². The molecule has 3 rings (SSSR count). The normalized spacial score (nSPS) is 14.2. The minimum Gasteiger partial charge on any atom is -0.478 e. The van der Waals surface area contributed by atoms with Crippen molar-refractivity contribution in [3.8, 4) is 5.75 Å². The number of amides is 2. The third kappa shape index (κ3) is 6.27. The number of fused-ring (bicyclic) bond motifs is 1. The van der Waals surface area contributed by atoms with Gasteiger partial charge < -0.3 is 4.74 Å². The molecule has 10 heteroatoms. The van der Waals surface area contributed by atoms with E-state index < -0.39 is 33.8 Å². The first kappa shape index (κ1) is 23.7. The lowest BCUT2D eigenvalue weighted by Crippen LogP contribution is -2.47. The summed E-state index contributed by atoms with van der Waals surface area (Å²) in [5.41, 5.74) is 6.58. The highest BCUT2D eigenvalue weighted by molar-refractivity contribution is 7.89. The van der Waals surface area contributed by atoms with Gasteiger partial charge in [-0.15, -0.1) is 0 Å². The Morgan fingerprint density at radius 1 is 1.06 bits per heavy atom. The molecule has 172 valence electrons. The standard InChI is InChI=1S/C22H26FN3O5S/c1-15(31-20-9-5-4-8-19(20)23)22(28)26-25-21(27)12-13-24-32(29,30)18-11-10-16-6-2-3-7-17(16)14-18/h4-5,8-11,14-15,24H,2-3,6-7,12-13H2,1H3,(H,25,27)(H,26,28). The number of carbonyl (C=O) groups is 2. The van der Waals surface area contributed by atoms with Crippen LogP contribution in [-0.2, 0) is 32.5 Å². The van der Waals surface area contributed by atoms with Crippen molar-refractivity contribution in [1.82, 2.24) is 15.6 Å². The summed E-state index contributed by atoms with van der Waals surface area (Å²) in [5.74, 6) is -1.97. The molecule has 0 heterocycles. The lowest BCUT2D eigenvalue weighted by atomic mass is 9.92. The van der Waals surface area contributed by atoms with Crippen LogP contribution < -0.4 is 20.3 Å². The Balaban J connectivity index is 1.42. The largest absolute Gasteiger partial charge is 0.478 e. The van der Waals surface area contributed by atoms with E-state index in [0.29, 0.717) is 0 Å². The second kappa shape index (κ2) is 10.6.